The van der Waals surface area contributed by atoms with Crippen LogP contribution in [0.4, 0.5) is 10.2 Å². The van der Waals surface area contributed by atoms with Crippen LogP contribution in [0.1, 0.15) is 40.3 Å². The van der Waals surface area contributed by atoms with E-state index in [-0.39, 0.29) is 36.0 Å². The molecular weight excluding hydrogens is 563 g/mol. The minimum atomic E-state index is -3.91. The van der Waals surface area contributed by atoms with Gasteiger partial charge in [-0.25, -0.2) is 27.5 Å². The number of halogens is 1. The number of carbonyl (C=O) groups excluding carboxylic acids is 1. The summed E-state index contributed by atoms with van der Waals surface area (Å²) in [5.41, 5.74) is 2.07. The van der Waals surface area contributed by atoms with Crippen LogP contribution in [0.5, 0.6) is 0 Å². The van der Waals surface area contributed by atoms with Crippen LogP contribution in [0.15, 0.2) is 70.8 Å². The van der Waals surface area contributed by atoms with Crippen LogP contribution in [-0.4, -0.2) is 64.4 Å². The SMILES string of the molecule is O=C(c1nccs1)C12Cc3cnn(-c4ccc(F)cc4)c3C=C1CCN(S(=O)(=O)c1ccc(N3CCCC3)nc1)C2. The highest BCUT2D eigenvalue weighted by atomic mass is 32.2. The van der Waals surface area contributed by atoms with E-state index in [2.05, 4.69) is 20.0 Å². The van der Waals surface area contributed by atoms with Gasteiger partial charge < -0.3 is 4.90 Å². The summed E-state index contributed by atoms with van der Waals surface area (Å²) in [6.07, 6.45) is 9.54. The number of fused-ring (bicyclic) bond motifs is 2. The zero-order chi connectivity index (χ0) is 28.2. The Bertz CT molecular complexity index is 1740. The number of hydrogen-bond acceptors (Lipinski definition) is 8. The first kappa shape index (κ1) is 26.2. The lowest BCUT2D eigenvalue weighted by Crippen LogP contribution is -2.53. The maximum absolute atomic E-state index is 14.1. The molecule has 210 valence electrons. The standard InChI is InChI=1S/C29H27FN6O3S2/c30-22-3-5-23(6-4-22)36-25-15-21-9-13-35(41(38,39)24-7-8-26(32-18-24)34-11-1-2-12-34)19-29(21,16-20(25)17-33-36)27(37)28-31-10-14-40-28/h3-8,10,14-15,17-18H,1-2,9,11-13,16,19H2. The maximum atomic E-state index is 14.1. The Kier molecular flexibility index (Phi) is 6.36. The number of thiazole rings is 1. The summed E-state index contributed by atoms with van der Waals surface area (Å²) in [6, 6.07) is 9.45. The van der Waals surface area contributed by atoms with Gasteiger partial charge in [-0.05, 0) is 73.7 Å². The normalized spacial score (nSPS) is 20.9. The quantitative estimate of drug-likeness (QED) is 0.308. The first-order valence-electron chi connectivity index (χ1n) is 13.5. The number of piperidine rings is 1. The molecule has 1 aromatic carbocycles. The zero-order valence-electron chi connectivity index (χ0n) is 22.1. The predicted octanol–water partition coefficient (Wildman–Crippen LogP) is 4.37. The van der Waals surface area contributed by atoms with Crippen LogP contribution in [0.3, 0.4) is 0 Å². The number of Topliss-reactive ketones (excluding diaryl/α,β-unsaturated/α-hetero) is 1. The lowest BCUT2D eigenvalue weighted by atomic mass is 9.66. The predicted molar refractivity (Wildman–Crippen MR) is 153 cm³/mol. The first-order valence-corrected chi connectivity index (χ1v) is 15.9. The summed E-state index contributed by atoms with van der Waals surface area (Å²) in [4.78, 5) is 25.2. The van der Waals surface area contributed by atoms with Gasteiger partial charge in [0, 0.05) is 44.0 Å². The largest absolute Gasteiger partial charge is 0.357 e. The number of sulfonamides is 1. The highest BCUT2D eigenvalue weighted by molar-refractivity contribution is 7.89. The summed E-state index contributed by atoms with van der Waals surface area (Å²) < 4.78 is 44.5. The Hall–Kier alpha value is -3.74. The van der Waals surface area contributed by atoms with Crippen LogP contribution >= 0.6 is 11.3 Å². The average molecular weight is 591 g/mol. The molecule has 3 aliphatic rings. The van der Waals surface area contributed by atoms with Crippen molar-refractivity contribution in [1.82, 2.24) is 24.1 Å². The first-order chi connectivity index (χ1) is 19.8. The van der Waals surface area contributed by atoms with Crippen molar-refractivity contribution in [3.8, 4) is 5.69 Å². The molecule has 2 fully saturated rings. The molecule has 0 spiro atoms. The van der Waals surface area contributed by atoms with Gasteiger partial charge in [0.05, 0.1) is 23.0 Å². The third-order valence-electron chi connectivity index (χ3n) is 8.30. The number of hydrogen-bond donors (Lipinski definition) is 0. The number of benzene rings is 1. The van der Waals surface area contributed by atoms with Gasteiger partial charge in [-0.1, -0.05) is 5.57 Å². The van der Waals surface area contributed by atoms with E-state index in [1.807, 2.05) is 6.08 Å². The van der Waals surface area contributed by atoms with E-state index in [0.717, 1.165) is 48.6 Å². The number of ketones is 1. The zero-order valence-corrected chi connectivity index (χ0v) is 23.7. The van der Waals surface area contributed by atoms with Crippen molar-refractivity contribution in [2.24, 2.45) is 5.41 Å². The molecule has 7 rings (SSSR count). The summed E-state index contributed by atoms with van der Waals surface area (Å²) in [5.74, 6) is 0.246. The molecule has 1 aliphatic carbocycles. The Morgan fingerprint density at radius 1 is 1.00 bits per heavy atom. The molecule has 5 heterocycles. The van der Waals surface area contributed by atoms with Crippen molar-refractivity contribution in [3.05, 3.63) is 88.0 Å². The fourth-order valence-electron chi connectivity index (χ4n) is 6.16. The van der Waals surface area contributed by atoms with E-state index < -0.39 is 15.4 Å². The van der Waals surface area contributed by atoms with Crippen molar-refractivity contribution in [2.45, 2.75) is 30.6 Å². The Morgan fingerprint density at radius 3 is 2.51 bits per heavy atom. The van der Waals surface area contributed by atoms with Crippen LogP contribution in [-0.2, 0) is 16.4 Å². The monoisotopic (exact) mass is 590 g/mol. The van der Waals surface area contributed by atoms with E-state index in [1.54, 1.807) is 46.7 Å². The van der Waals surface area contributed by atoms with Crippen molar-refractivity contribution in [2.75, 3.05) is 31.1 Å². The minimum absolute atomic E-state index is 0.00533. The van der Waals surface area contributed by atoms with E-state index in [9.17, 15) is 17.6 Å². The second-order valence-corrected chi connectivity index (χ2v) is 13.5. The van der Waals surface area contributed by atoms with Gasteiger partial charge in [0.2, 0.25) is 15.8 Å². The van der Waals surface area contributed by atoms with Gasteiger partial charge in [-0.15, -0.1) is 11.3 Å². The molecule has 3 aromatic heterocycles. The molecular formula is C29H27FN6O3S2. The number of pyridine rings is 1. The summed E-state index contributed by atoms with van der Waals surface area (Å²) in [6.45, 7) is 2.06. The second-order valence-electron chi connectivity index (χ2n) is 10.7. The fraction of sp³-hybridized carbons (Fsp3) is 0.310. The van der Waals surface area contributed by atoms with Crippen molar-refractivity contribution < 1.29 is 17.6 Å². The number of nitrogens with zero attached hydrogens (tertiary/aromatic N) is 6. The van der Waals surface area contributed by atoms with Gasteiger partial charge in [-0.2, -0.15) is 9.40 Å². The van der Waals surface area contributed by atoms with Crippen molar-refractivity contribution in [3.63, 3.8) is 0 Å². The summed E-state index contributed by atoms with van der Waals surface area (Å²) in [5, 5.41) is 6.64. The van der Waals surface area contributed by atoms with Crippen LogP contribution in [0.2, 0.25) is 0 Å². The lowest BCUT2D eigenvalue weighted by molar-refractivity contribution is 0.0775. The van der Waals surface area contributed by atoms with Crippen LogP contribution in [0, 0.1) is 11.2 Å². The van der Waals surface area contributed by atoms with Gasteiger partial charge in [0.1, 0.15) is 16.5 Å². The van der Waals surface area contributed by atoms with Crippen molar-refractivity contribution in [1.29, 1.82) is 0 Å². The minimum Gasteiger partial charge on any atom is -0.357 e. The summed E-state index contributed by atoms with van der Waals surface area (Å²) >= 11 is 1.25. The molecule has 12 heteroatoms. The third kappa shape index (κ3) is 4.41. The second kappa shape index (κ2) is 9.97. The third-order valence-corrected chi connectivity index (χ3v) is 10.9. The van der Waals surface area contributed by atoms with E-state index in [0.29, 0.717) is 17.1 Å². The fourth-order valence-corrected chi connectivity index (χ4v) is 8.28. The smallest absolute Gasteiger partial charge is 0.244 e. The molecule has 0 bridgehead atoms. The number of aromatic nitrogens is 4. The lowest BCUT2D eigenvalue weighted by Gasteiger charge is -2.44. The highest BCUT2D eigenvalue weighted by Crippen LogP contribution is 2.47. The molecule has 1 unspecified atom stereocenters. The maximum Gasteiger partial charge on any atom is 0.244 e. The number of carbonyl (C=O) groups is 1. The van der Waals surface area contributed by atoms with Crippen molar-refractivity contribution >= 4 is 39.0 Å². The molecule has 0 radical (unpaired) electrons. The van der Waals surface area contributed by atoms with Gasteiger partial charge in [-0.3, -0.25) is 4.79 Å². The molecule has 2 aliphatic heterocycles. The molecule has 41 heavy (non-hydrogen) atoms. The van der Waals surface area contributed by atoms with Crippen LogP contribution < -0.4 is 4.90 Å². The van der Waals surface area contributed by atoms with E-state index >= 15 is 0 Å². The Labute approximate surface area is 241 Å². The molecule has 2 saturated heterocycles. The average Bonchev–Trinajstić information content (AvgIpc) is 3.78. The molecule has 0 saturated carbocycles. The molecule has 0 N–H and O–H groups in total. The highest BCUT2D eigenvalue weighted by Gasteiger charge is 2.51. The van der Waals surface area contributed by atoms with Gasteiger partial charge in [0.15, 0.2) is 5.01 Å². The Balaban J connectivity index is 1.25. The number of anilines is 1. The van der Waals surface area contributed by atoms with Gasteiger partial charge in [0.25, 0.3) is 0 Å². The molecule has 9 nitrogen and oxygen atoms in total. The van der Waals surface area contributed by atoms with E-state index in [1.165, 1.54) is 34.0 Å². The summed E-state index contributed by atoms with van der Waals surface area (Å²) in [7, 11) is -3.91. The molecule has 4 aromatic rings. The van der Waals surface area contributed by atoms with E-state index in [4.69, 9.17) is 0 Å². The van der Waals surface area contributed by atoms with Gasteiger partial charge >= 0.3 is 0 Å². The molecule has 0 amide bonds. The molecule has 1 atom stereocenters. The Morgan fingerprint density at radius 2 is 1.80 bits per heavy atom. The topological polar surface area (TPSA) is 101 Å². The number of rotatable bonds is 6. The van der Waals surface area contributed by atoms with Crippen LogP contribution in [0.25, 0.3) is 11.8 Å².